The molecule has 5 nitrogen and oxygen atoms in total. The first-order valence-electron chi connectivity index (χ1n) is 9.45. The van der Waals surface area contributed by atoms with Crippen molar-refractivity contribution in [2.75, 3.05) is 0 Å². The van der Waals surface area contributed by atoms with Crippen LogP contribution in [0.3, 0.4) is 0 Å². The van der Waals surface area contributed by atoms with E-state index in [4.69, 9.17) is 0 Å². The minimum Gasteiger partial charge on any atom is -0.478 e. The van der Waals surface area contributed by atoms with Gasteiger partial charge in [0.1, 0.15) is 0 Å². The summed E-state index contributed by atoms with van der Waals surface area (Å²) in [5.74, 6) is -0.942. The second-order valence-corrected chi connectivity index (χ2v) is 7.93. The summed E-state index contributed by atoms with van der Waals surface area (Å²) in [7, 11) is 0. The van der Waals surface area contributed by atoms with E-state index in [0.717, 1.165) is 23.2 Å². The maximum Gasteiger partial charge on any atom is 0.336 e. The summed E-state index contributed by atoms with van der Waals surface area (Å²) in [6.45, 7) is 8.60. The van der Waals surface area contributed by atoms with Crippen LogP contribution in [0.15, 0.2) is 59.5 Å². The molecule has 0 atom stereocenters. The molecule has 28 heavy (non-hydrogen) atoms. The fraction of sp³-hybridized carbons (Fsp3) is 0.304. The molecule has 0 fully saturated rings. The minimum atomic E-state index is -0.942. The number of aryl methyl sites for hydroxylation is 1. The molecule has 5 heteroatoms. The maximum absolute atomic E-state index is 12.9. The van der Waals surface area contributed by atoms with Gasteiger partial charge in [0, 0.05) is 17.4 Å². The van der Waals surface area contributed by atoms with Crippen molar-refractivity contribution in [3.8, 4) is 11.1 Å². The van der Waals surface area contributed by atoms with Crippen LogP contribution in [0.4, 0.5) is 0 Å². The molecule has 3 aromatic rings. The fourth-order valence-corrected chi connectivity index (χ4v) is 3.35. The Labute approximate surface area is 164 Å². The van der Waals surface area contributed by atoms with E-state index < -0.39 is 5.97 Å². The molecule has 0 radical (unpaired) electrons. The first kappa shape index (κ1) is 19.7. The lowest BCUT2D eigenvalue weighted by Crippen LogP contribution is -2.34. The smallest absolute Gasteiger partial charge is 0.336 e. The normalized spacial score (nSPS) is 11.6. The number of carboxylic acids is 1. The maximum atomic E-state index is 12.9. The molecule has 3 rings (SSSR count). The first-order chi connectivity index (χ1) is 13.2. The van der Waals surface area contributed by atoms with Crippen molar-refractivity contribution in [3.05, 3.63) is 82.0 Å². The van der Waals surface area contributed by atoms with E-state index in [1.807, 2.05) is 74.9 Å². The lowest BCUT2D eigenvalue weighted by Gasteiger charge is -2.19. The molecule has 1 N–H and O–H groups in total. The van der Waals surface area contributed by atoms with Gasteiger partial charge in [0.2, 0.25) is 0 Å². The summed E-state index contributed by atoms with van der Waals surface area (Å²) in [5, 5.41) is 9.39. The Morgan fingerprint density at radius 2 is 1.68 bits per heavy atom. The molecule has 0 saturated heterocycles. The molecule has 0 aliphatic carbocycles. The van der Waals surface area contributed by atoms with E-state index in [9.17, 15) is 14.7 Å². The van der Waals surface area contributed by atoms with E-state index in [1.54, 1.807) is 16.7 Å². The van der Waals surface area contributed by atoms with Gasteiger partial charge in [-0.2, -0.15) is 0 Å². The highest BCUT2D eigenvalue weighted by atomic mass is 16.4. The number of carboxylic acid groups (broad SMARTS) is 1. The average Bonchev–Trinajstić information content (AvgIpc) is 2.98. The van der Waals surface area contributed by atoms with Gasteiger partial charge in [-0.25, -0.2) is 9.59 Å². The van der Waals surface area contributed by atoms with Gasteiger partial charge in [0.15, 0.2) is 0 Å². The van der Waals surface area contributed by atoms with E-state index >= 15 is 0 Å². The van der Waals surface area contributed by atoms with Gasteiger partial charge in [-0.05, 0) is 49.9 Å². The number of benzene rings is 2. The lowest BCUT2D eigenvalue weighted by molar-refractivity contribution is 0.0697. The Hall–Kier alpha value is -3.08. The largest absolute Gasteiger partial charge is 0.478 e. The third-order valence-electron chi connectivity index (χ3n) is 4.91. The third-order valence-corrected chi connectivity index (χ3v) is 4.91. The number of aromatic nitrogens is 2. The monoisotopic (exact) mass is 378 g/mol. The lowest BCUT2D eigenvalue weighted by atomic mass is 9.99. The van der Waals surface area contributed by atoms with Crippen LogP contribution in [-0.4, -0.2) is 20.2 Å². The van der Waals surface area contributed by atoms with Gasteiger partial charge >= 0.3 is 11.7 Å². The van der Waals surface area contributed by atoms with E-state index in [1.165, 1.54) is 0 Å². The predicted octanol–water partition coefficient (Wildman–Crippen LogP) is 4.38. The summed E-state index contributed by atoms with van der Waals surface area (Å²) < 4.78 is 3.59. The highest BCUT2D eigenvalue weighted by Gasteiger charge is 2.20. The van der Waals surface area contributed by atoms with Crippen LogP contribution in [0.1, 0.15) is 49.3 Å². The average molecular weight is 378 g/mol. The van der Waals surface area contributed by atoms with Crippen molar-refractivity contribution < 1.29 is 9.90 Å². The minimum absolute atomic E-state index is 0.00958. The number of hydrogen-bond acceptors (Lipinski definition) is 2. The van der Waals surface area contributed by atoms with Crippen LogP contribution in [0.5, 0.6) is 0 Å². The summed E-state index contributed by atoms with van der Waals surface area (Å²) >= 11 is 0. The van der Waals surface area contributed by atoms with Crippen LogP contribution in [0, 0.1) is 0 Å². The zero-order valence-electron chi connectivity index (χ0n) is 16.8. The Bertz CT molecular complexity index is 1050. The molecule has 0 aliphatic heterocycles. The number of carbonyl (C=O) groups is 1. The Morgan fingerprint density at radius 1 is 1.04 bits per heavy atom. The fourth-order valence-electron chi connectivity index (χ4n) is 3.35. The molecule has 1 aromatic heterocycles. The number of imidazole rings is 1. The van der Waals surface area contributed by atoms with Crippen molar-refractivity contribution in [1.82, 2.24) is 9.13 Å². The van der Waals surface area contributed by atoms with Gasteiger partial charge in [-0.1, -0.05) is 49.4 Å². The Kier molecular flexibility index (Phi) is 5.27. The number of aromatic carboxylic acids is 1. The molecule has 0 aliphatic rings. The number of rotatable bonds is 5. The van der Waals surface area contributed by atoms with Gasteiger partial charge in [-0.3, -0.25) is 9.13 Å². The molecular weight excluding hydrogens is 352 g/mol. The molecule has 0 spiro atoms. The first-order valence-corrected chi connectivity index (χ1v) is 9.45. The molecule has 1 heterocycles. The standard InChI is InChI=1S/C23H26N2O3/c1-5-18-15-25(23(2,3)4)22(28)24(18)14-16-10-12-17(13-11-16)19-8-6-7-9-20(19)21(26)27/h6-13,15H,5,14H2,1-4H3,(H,26,27). The van der Waals surface area contributed by atoms with Crippen LogP contribution in [0.25, 0.3) is 11.1 Å². The van der Waals surface area contributed by atoms with Crippen molar-refractivity contribution >= 4 is 5.97 Å². The van der Waals surface area contributed by atoms with Crippen molar-refractivity contribution in [2.24, 2.45) is 0 Å². The van der Waals surface area contributed by atoms with E-state index in [-0.39, 0.29) is 16.8 Å². The zero-order chi connectivity index (χ0) is 20.5. The van der Waals surface area contributed by atoms with Crippen molar-refractivity contribution in [2.45, 2.75) is 46.2 Å². The van der Waals surface area contributed by atoms with E-state index in [0.29, 0.717) is 12.1 Å². The molecule has 146 valence electrons. The molecule has 0 bridgehead atoms. The van der Waals surface area contributed by atoms with Gasteiger partial charge in [-0.15, -0.1) is 0 Å². The van der Waals surface area contributed by atoms with Gasteiger partial charge in [0.05, 0.1) is 12.1 Å². The quantitative estimate of drug-likeness (QED) is 0.716. The summed E-state index contributed by atoms with van der Waals surface area (Å²) in [5.41, 5.74) is 3.53. The van der Waals surface area contributed by atoms with E-state index in [2.05, 4.69) is 0 Å². The van der Waals surface area contributed by atoms with Gasteiger partial charge < -0.3 is 5.11 Å². The molecule has 0 amide bonds. The van der Waals surface area contributed by atoms with Crippen LogP contribution < -0.4 is 5.69 Å². The molecule has 0 saturated carbocycles. The highest BCUT2D eigenvalue weighted by molar-refractivity contribution is 5.95. The number of nitrogens with zero attached hydrogens (tertiary/aromatic N) is 2. The van der Waals surface area contributed by atoms with Crippen LogP contribution >= 0.6 is 0 Å². The highest BCUT2D eigenvalue weighted by Crippen LogP contribution is 2.24. The molecule has 0 unspecified atom stereocenters. The van der Waals surface area contributed by atoms with Crippen LogP contribution in [-0.2, 0) is 18.5 Å². The SMILES string of the molecule is CCc1cn(C(C)(C)C)c(=O)n1Cc1ccc(-c2ccccc2C(=O)O)cc1. The topological polar surface area (TPSA) is 64.2 Å². The Morgan fingerprint density at radius 3 is 2.25 bits per heavy atom. The second-order valence-electron chi connectivity index (χ2n) is 7.93. The zero-order valence-corrected chi connectivity index (χ0v) is 16.8. The molecular formula is C23H26N2O3. The summed E-state index contributed by atoms with van der Waals surface area (Å²) in [6, 6.07) is 14.7. The summed E-state index contributed by atoms with van der Waals surface area (Å²) in [4.78, 5) is 24.3. The number of hydrogen-bond donors (Lipinski definition) is 1. The second kappa shape index (κ2) is 7.50. The van der Waals surface area contributed by atoms with Crippen molar-refractivity contribution in [3.63, 3.8) is 0 Å². The predicted molar refractivity (Wildman–Crippen MR) is 111 cm³/mol. The van der Waals surface area contributed by atoms with Crippen molar-refractivity contribution in [1.29, 1.82) is 0 Å². The van der Waals surface area contributed by atoms with Crippen LogP contribution in [0.2, 0.25) is 0 Å². The third kappa shape index (κ3) is 3.79. The summed E-state index contributed by atoms with van der Waals surface area (Å²) in [6.07, 6.45) is 2.72. The van der Waals surface area contributed by atoms with Gasteiger partial charge in [0.25, 0.3) is 0 Å². The molecule has 2 aromatic carbocycles. The Balaban J connectivity index is 1.94.